The van der Waals surface area contributed by atoms with Crippen LogP contribution in [0, 0.1) is 5.92 Å². The van der Waals surface area contributed by atoms with Gasteiger partial charge in [0.1, 0.15) is 5.75 Å². The van der Waals surface area contributed by atoms with Crippen LogP contribution in [-0.4, -0.2) is 59.9 Å². The van der Waals surface area contributed by atoms with Gasteiger partial charge in [-0.25, -0.2) is 4.79 Å². The average Bonchev–Trinajstić information content (AvgIpc) is 2.83. The number of benzene rings is 1. The number of hydrogen-bond donors (Lipinski definition) is 3. The Kier molecular flexibility index (Phi) is 8.06. The van der Waals surface area contributed by atoms with Crippen LogP contribution in [0.3, 0.4) is 0 Å². The lowest BCUT2D eigenvalue weighted by atomic mass is 9.85. The van der Waals surface area contributed by atoms with E-state index in [-0.39, 0.29) is 24.1 Å². The third-order valence-electron chi connectivity index (χ3n) is 6.82. The molecule has 2 fully saturated rings. The average molecular weight is 473 g/mol. The quantitative estimate of drug-likeness (QED) is 0.584. The van der Waals surface area contributed by atoms with Crippen LogP contribution in [0.25, 0.3) is 0 Å². The highest BCUT2D eigenvalue weighted by Crippen LogP contribution is 2.31. The van der Waals surface area contributed by atoms with Crippen molar-refractivity contribution in [3.8, 4) is 5.75 Å². The molecule has 2 amide bonds. The molecule has 1 aromatic heterocycles. The minimum Gasteiger partial charge on any atom is -0.495 e. The van der Waals surface area contributed by atoms with Gasteiger partial charge in [-0.3, -0.25) is 4.98 Å². The number of amides is 2. The lowest BCUT2D eigenvalue weighted by Crippen LogP contribution is -2.51. The fourth-order valence-corrected chi connectivity index (χ4v) is 5.08. The van der Waals surface area contributed by atoms with Crippen LogP contribution in [0.15, 0.2) is 42.6 Å². The normalized spacial score (nSPS) is 25.9. The summed E-state index contributed by atoms with van der Waals surface area (Å²) in [6.45, 7) is 2.80. The molecule has 2 unspecified atom stereocenters. The van der Waals surface area contributed by atoms with Crippen molar-refractivity contribution in [3.05, 3.63) is 53.3 Å². The van der Waals surface area contributed by atoms with Gasteiger partial charge in [-0.15, -0.1) is 0 Å². The van der Waals surface area contributed by atoms with Crippen molar-refractivity contribution >= 4 is 23.3 Å². The lowest BCUT2D eigenvalue weighted by molar-refractivity contribution is 0.0837. The fraction of sp³-hybridized carbons (Fsp3) is 0.520. The molecule has 7 nitrogen and oxygen atoms in total. The number of aromatic nitrogens is 1. The van der Waals surface area contributed by atoms with Crippen molar-refractivity contribution in [2.24, 2.45) is 5.92 Å². The zero-order valence-electron chi connectivity index (χ0n) is 19.0. The summed E-state index contributed by atoms with van der Waals surface area (Å²) in [7, 11) is 1.63. The van der Waals surface area contributed by atoms with E-state index < -0.39 is 0 Å². The Balaban J connectivity index is 1.42. The molecule has 1 saturated heterocycles. The van der Waals surface area contributed by atoms with Gasteiger partial charge in [0.2, 0.25) is 0 Å². The molecule has 2 aromatic rings. The molecule has 3 N–H and O–H groups in total. The van der Waals surface area contributed by atoms with Gasteiger partial charge in [-0.2, -0.15) is 0 Å². The zero-order valence-corrected chi connectivity index (χ0v) is 19.8. The van der Waals surface area contributed by atoms with E-state index in [4.69, 9.17) is 16.3 Å². The highest BCUT2D eigenvalue weighted by Gasteiger charge is 2.34. The number of methoxy groups -OCH3 is 1. The number of ether oxygens (including phenoxy) is 1. The van der Waals surface area contributed by atoms with Crippen molar-refractivity contribution < 1.29 is 14.6 Å². The topological polar surface area (TPSA) is 86.7 Å². The molecule has 178 valence electrons. The van der Waals surface area contributed by atoms with E-state index in [1.54, 1.807) is 37.6 Å². The van der Waals surface area contributed by atoms with Crippen molar-refractivity contribution in [1.29, 1.82) is 0 Å². The number of carbonyl (C=O) groups is 1. The van der Waals surface area contributed by atoms with Crippen LogP contribution in [-0.2, 0) is 0 Å². The summed E-state index contributed by atoms with van der Waals surface area (Å²) in [6.07, 6.45) is 6.41. The molecule has 1 saturated carbocycles. The fourth-order valence-electron chi connectivity index (χ4n) is 4.95. The van der Waals surface area contributed by atoms with E-state index in [1.807, 2.05) is 12.1 Å². The first kappa shape index (κ1) is 23.8. The van der Waals surface area contributed by atoms with Crippen LogP contribution >= 0.6 is 11.6 Å². The Morgan fingerprint density at radius 3 is 2.58 bits per heavy atom. The van der Waals surface area contributed by atoms with Crippen molar-refractivity contribution in [1.82, 2.24) is 15.2 Å². The number of nitrogens with one attached hydrogen (secondary N) is 2. The second-order valence-electron chi connectivity index (χ2n) is 9.16. The number of aliphatic hydroxyl groups is 1. The molecule has 4 rings (SSSR count). The predicted octanol–water partition coefficient (Wildman–Crippen LogP) is 4.27. The zero-order chi connectivity index (χ0) is 23.2. The van der Waals surface area contributed by atoms with Crippen LogP contribution in [0.4, 0.5) is 10.5 Å². The number of rotatable bonds is 6. The molecule has 0 bridgehead atoms. The number of aliphatic hydroxyl groups excluding tert-OH is 1. The molecule has 8 heteroatoms. The SMILES string of the molecule is COc1ccc(C2CN(CC3CCC(O)CC3)CCC2NC(=O)Nc2ccc(Cl)cc2)nc1. The predicted molar refractivity (Wildman–Crippen MR) is 130 cm³/mol. The highest BCUT2D eigenvalue weighted by atomic mass is 35.5. The smallest absolute Gasteiger partial charge is 0.319 e. The minimum absolute atomic E-state index is 0.0253. The van der Waals surface area contributed by atoms with Gasteiger partial charge in [0.05, 0.1) is 19.4 Å². The summed E-state index contributed by atoms with van der Waals surface area (Å²) < 4.78 is 5.27. The summed E-state index contributed by atoms with van der Waals surface area (Å²) in [6, 6.07) is 10.7. The summed E-state index contributed by atoms with van der Waals surface area (Å²) in [5, 5.41) is 16.5. The Hall–Kier alpha value is -2.35. The number of halogens is 1. The van der Waals surface area contributed by atoms with E-state index in [1.165, 1.54) is 0 Å². The Bertz CT molecular complexity index is 901. The van der Waals surface area contributed by atoms with E-state index in [9.17, 15) is 9.90 Å². The molecule has 1 aliphatic carbocycles. The number of anilines is 1. The number of likely N-dealkylation sites (tertiary alicyclic amines) is 1. The third-order valence-corrected chi connectivity index (χ3v) is 7.07. The third kappa shape index (κ3) is 6.59. The molecule has 33 heavy (non-hydrogen) atoms. The maximum absolute atomic E-state index is 12.7. The van der Waals surface area contributed by atoms with Crippen molar-refractivity contribution in [3.63, 3.8) is 0 Å². The second kappa shape index (κ2) is 11.2. The van der Waals surface area contributed by atoms with Gasteiger partial charge in [-0.1, -0.05) is 11.6 Å². The molecule has 2 atom stereocenters. The number of urea groups is 1. The van der Waals surface area contributed by atoms with Crippen molar-refractivity contribution in [2.75, 3.05) is 32.1 Å². The van der Waals surface area contributed by atoms with E-state index >= 15 is 0 Å². The summed E-state index contributed by atoms with van der Waals surface area (Å²) in [4.78, 5) is 19.9. The van der Waals surface area contributed by atoms with Gasteiger partial charge in [-0.05, 0) is 74.4 Å². The van der Waals surface area contributed by atoms with E-state index in [0.717, 1.165) is 63.2 Å². The van der Waals surface area contributed by atoms with Gasteiger partial charge >= 0.3 is 6.03 Å². The van der Waals surface area contributed by atoms with Crippen LogP contribution in [0.5, 0.6) is 5.75 Å². The first-order chi connectivity index (χ1) is 16.0. The summed E-state index contributed by atoms with van der Waals surface area (Å²) in [5.41, 5.74) is 1.66. The van der Waals surface area contributed by atoms with Crippen LogP contribution < -0.4 is 15.4 Å². The number of pyridine rings is 1. The number of nitrogens with zero attached hydrogens (tertiary/aromatic N) is 2. The molecule has 2 heterocycles. The molecule has 0 spiro atoms. The minimum atomic E-state index is -0.226. The van der Waals surface area contributed by atoms with Gasteiger partial charge in [0.15, 0.2) is 0 Å². The standard InChI is InChI=1S/C25H33ClN4O3/c1-33-21-10-11-23(27-14-21)22-16-30(15-17-2-8-20(31)9-3-17)13-12-24(22)29-25(32)28-19-6-4-18(26)5-7-19/h4-7,10-11,14,17,20,22,24,31H,2-3,8-9,12-13,15-16H2,1H3,(H2,28,29,32). The van der Waals surface area contributed by atoms with E-state index in [0.29, 0.717) is 16.6 Å². The molecule has 2 aliphatic rings. The molecule has 1 aliphatic heterocycles. The first-order valence-electron chi connectivity index (χ1n) is 11.7. The van der Waals surface area contributed by atoms with Gasteiger partial charge < -0.3 is 25.4 Å². The van der Waals surface area contributed by atoms with Crippen LogP contribution in [0.2, 0.25) is 5.02 Å². The molecular formula is C25H33ClN4O3. The van der Waals surface area contributed by atoms with Gasteiger partial charge in [0.25, 0.3) is 0 Å². The molecular weight excluding hydrogens is 440 g/mol. The maximum atomic E-state index is 12.7. The summed E-state index contributed by atoms with van der Waals surface area (Å²) in [5.74, 6) is 1.42. The molecule has 1 aromatic carbocycles. The Morgan fingerprint density at radius 1 is 1.15 bits per heavy atom. The Labute approximate surface area is 200 Å². The van der Waals surface area contributed by atoms with Crippen molar-refractivity contribution in [2.45, 2.75) is 50.2 Å². The maximum Gasteiger partial charge on any atom is 0.319 e. The first-order valence-corrected chi connectivity index (χ1v) is 12.1. The van der Waals surface area contributed by atoms with Crippen LogP contribution in [0.1, 0.15) is 43.7 Å². The van der Waals surface area contributed by atoms with Gasteiger partial charge in [0, 0.05) is 48.0 Å². The number of hydrogen-bond acceptors (Lipinski definition) is 5. The largest absolute Gasteiger partial charge is 0.495 e. The lowest BCUT2D eigenvalue weighted by Gasteiger charge is -2.40. The summed E-state index contributed by atoms with van der Waals surface area (Å²) >= 11 is 5.94. The van der Waals surface area contributed by atoms with E-state index in [2.05, 4.69) is 20.5 Å². The number of piperidine rings is 1. The monoisotopic (exact) mass is 472 g/mol. The number of carbonyl (C=O) groups excluding carboxylic acids is 1. The molecule has 0 radical (unpaired) electrons. The Morgan fingerprint density at radius 2 is 1.91 bits per heavy atom. The second-order valence-corrected chi connectivity index (χ2v) is 9.60. The highest BCUT2D eigenvalue weighted by molar-refractivity contribution is 6.30.